The number of nitrogens with one attached hydrogen (secondary N) is 1. The van der Waals surface area contributed by atoms with Crippen LogP contribution >= 0.6 is 22.7 Å². The third kappa shape index (κ3) is 2.32. The second kappa shape index (κ2) is 5.31. The lowest BCUT2D eigenvalue weighted by Gasteiger charge is -2.06. The smallest absolute Gasteiger partial charge is 0.139 e. The van der Waals surface area contributed by atoms with Gasteiger partial charge in [-0.25, -0.2) is 9.97 Å². The minimum atomic E-state index is 0.610. The summed E-state index contributed by atoms with van der Waals surface area (Å²) < 4.78 is 5.35. The lowest BCUT2D eigenvalue weighted by atomic mass is 10.2. The number of fused-ring (bicyclic) bond motifs is 1. The molecular weight excluding hydrogens is 302 g/mol. The Kier molecular flexibility index (Phi) is 3.17. The summed E-state index contributed by atoms with van der Waals surface area (Å²) in [4.78, 5) is 11.0. The van der Waals surface area contributed by atoms with Crippen molar-refractivity contribution < 1.29 is 4.42 Å². The van der Waals surface area contributed by atoms with Crippen LogP contribution in [0, 0.1) is 0 Å². The molecule has 4 aromatic rings. The van der Waals surface area contributed by atoms with Crippen LogP contribution in [-0.4, -0.2) is 9.97 Å². The van der Waals surface area contributed by atoms with Gasteiger partial charge in [-0.1, -0.05) is 6.07 Å². The number of aromatic nitrogens is 2. The molecule has 104 valence electrons. The predicted octanol–water partition coefficient (Wildman–Crippen LogP) is 4.62. The topological polar surface area (TPSA) is 51.0 Å². The second-order valence-electron chi connectivity index (χ2n) is 4.46. The Morgan fingerprint density at radius 1 is 1.14 bits per heavy atom. The van der Waals surface area contributed by atoms with E-state index in [1.54, 1.807) is 35.3 Å². The molecular formula is C15H11N3OS2. The molecule has 4 rings (SSSR count). The van der Waals surface area contributed by atoms with Gasteiger partial charge in [-0.15, -0.1) is 22.7 Å². The molecule has 0 amide bonds. The molecule has 0 radical (unpaired) electrons. The van der Waals surface area contributed by atoms with E-state index in [0.717, 1.165) is 21.8 Å². The third-order valence-corrected chi connectivity index (χ3v) is 4.96. The van der Waals surface area contributed by atoms with Gasteiger partial charge in [0.15, 0.2) is 0 Å². The summed E-state index contributed by atoms with van der Waals surface area (Å²) in [7, 11) is 0. The Balaban J connectivity index is 1.76. The molecule has 21 heavy (non-hydrogen) atoms. The van der Waals surface area contributed by atoms with Crippen molar-refractivity contribution in [3.63, 3.8) is 0 Å². The largest absolute Gasteiger partial charge is 0.467 e. The van der Waals surface area contributed by atoms with E-state index in [-0.39, 0.29) is 0 Å². The zero-order chi connectivity index (χ0) is 14.1. The Morgan fingerprint density at radius 3 is 2.95 bits per heavy atom. The van der Waals surface area contributed by atoms with Crippen molar-refractivity contribution in [3.8, 4) is 10.4 Å². The van der Waals surface area contributed by atoms with Crippen LogP contribution in [0.5, 0.6) is 0 Å². The van der Waals surface area contributed by atoms with Crippen molar-refractivity contribution in [2.75, 3.05) is 5.32 Å². The zero-order valence-corrected chi connectivity index (χ0v) is 12.6. The lowest BCUT2D eigenvalue weighted by molar-refractivity contribution is 0.518. The maximum absolute atomic E-state index is 5.35. The maximum Gasteiger partial charge on any atom is 0.139 e. The fourth-order valence-corrected chi connectivity index (χ4v) is 3.94. The first-order chi connectivity index (χ1) is 10.4. The highest BCUT2D eigenvalue weighted by molar-refractivity contribution is 7.18. The summed E-state index contributed by atoms with van der Waals surface area (Å²) in [5.74, 6) is 1.73. The average molecular weight is 313 g/mol. The normalized spacial score (nSPS) is 11.0. The molecule has 0 atom stereocenters. The number of hydrogen-bond acceptors (Lipinski definition) is 6. The number of thiophene rings is 2. The number of anilines is 1. The van der Waals surface area contributed by atoms with Crippen LogP contribution in [0.25, 0.3) is 20.7 Å². The lowest BCUT2D eigenvalue weighted by Crippen LogP contribution is -2.01. The van der Waals surface area contributed by atoms with Crippen LogP contribution in [0.4, 0.5) is 5.82 Å². The zero-order valence-electron chi connectivity index (χ0n) is 10.9. The molecule has 0 bridgehead atoms. The predicted molar refractivity (Wildman–Crippen MR) is 86.8 cm³/mol. The Labute approximate surface area is 129 Å². The van der Waals surface area contributed by atoms with Gasteiger partial charge in [0, 0.05) is 15.8 Å². The van der Waals surface area contributed by atoms with Crippen LogP contribution < -0.4 is 5.32 Å². The molecule has 6 heteroatoms. The first-order valence-corrected chi connectivity index (χ1v) is 8.20. The maximum atomic E-state index is 5.35. The van der Waals surface area contributed by atoms with Gasteiger partial charge in [0.25, 0.3) is 0 Å². The van der Waals surface area contributed by atoms with Gasteiger partial charge in [0.1, 0.15) is 22.7 Å². The first kappa shape index (κ1) is 12.6. The van der Waals surface area contributed by atoms with E-state index in [0.29, 0.717) is 6.54 Å². The molecule has 0 aliphatic carbocycles. The van der Waals surface area contributed by atoms with E-state index in [2.05, 4.69) is 38.2 Å². The average Bonchev–Trinajstić information content (AvgIpc) is 3.24. The standard InChI is InChI=1S/C15H11N3OS2/c1-3-10(19-5-1)7-16-14-13-11(12-4-2-6-20-12)8-21-15(13)18-9-17-14/h1-6,8-9H,7H2,(H,16,17,18). The number of rotatable bonds is 4. The van der Waals surface area contributed by atoms with E-state index in [4.69, 9.17) is 4.42 Å². The first-order valence-electron chi connectivity index (χ1n) is 6.44. The van der Waals surface area contributed by atoms with Crippen LogP contribution in [0.1, 0.15) is 5.76 Å². The summed E-state index contributed by atoms with van der Waals surface area (Å²) in [6.45, 7) is 0.610. The van der Waals surface area contributed by atoms with Crippen molar-refractivity contribution in [3.05, 3.63) is 53.4 Å². The monoisotopic (exact) mass is 313 g/mol. The highest BCUT2D eigenvalue weighted by Crippen LogP contribution is 2.38. The summed E-state index contributed by atoms with van der Waals surface area (Å²) in [5, 5.41) is 8.65. The summed E-state index contributed by atoms with van der Waals surface area (Å²) in [5.41, 5.74) is 1.19. The van der Waals surface area contributed by atoms with Crippen molar-refractivity contribution in [1.29, 1.82) is 0 Å². The minimum Gasteiger partial charge on any atom is -0.467 e. The van der Waals surface area contributed by atoms with Gasteiger partial charge in [-0.2, -0.15) is 0 Å². The van der Waals surface area contributed by atoms with E-state index in [1.165, 1.54) is 10.4 Å². The second-order valence-corrected chi connectivity index (χ2v) is 6.27. The van der Waals surface area contributed by atoms with E-state index in [9.17, 15) is 0 Å². The van der Waals surface area contributed by atoms with Crippen molar-refractivity contribution in [2.45, 2.75) is 6.54 Å². The Hall–Kier alpha value is -2.18. The Morgan fingerprint density at radius 2 is 2.14 bits per heavy atom. The van der Waals surface area contributed by atoms with E-state index in [1.807, 2.05) is 12.1 Å². The van der Waals surface area contributed by atoms with Crippen LogP contribution in [-0.2, 0) is 6.54 Å². The third-order valence-electron chi connectivity index (χ3n) is 3.17. The molecule has 4 aromatic heterocycles. The molecule has 0 saturated carbocycles. The van der Waals surface area contributed by atoms with Gasteiger partial charge >= 0.3 is 0 Å². The van der Waals surface area contributed by atoms with Crippen molar-refractivity contribution in [1.82, 2.24) is 9.97 Å². The van der Waals surface area contributed by atoms with Crippen LogP contribution in [0.15, 0.2) is 52.0 Å². The molecule has 4 heterocycles. The molecule has 0 aliphatic rings. The minimum absolute atomic E-state index is 0.610. The Bertz CT molecular complexity index is 850. The van der Waals surface area contributed by atoms with E-state index >= 15 is 0 Å². The summed E-state index contributed by atoms with van der Waals surface area (Å²) in [6.07, 6.45) is 3.27. The summed E-state index contributed by atoms with van der Waals surface area (Å²) >= 11 is 3.37. The number of hydrogen-bond donors (Lipinski definition) is 1. The van der Waals surface area contributed by atoms with Crippen LogP contribution in [0.3, 0.4) is 0 Å². The van der Waals surface area contributed by atoms with Crippen molar-refractivity contribution in [2.24, 2.45) is 0 Å². The van der Waals surface area contributed by atoms with Gasteiger partial charge in [-0.05, 0) is 23.6 Å². The van der Waals surface area contributed by atoms with Crippen LogP contribution in [0.2, 0.25) is 0 Å². The molecule has 0 aliphatic heterocycles. The quantitative estimate of drug-likeness (QED) is 0.597. The molecule has 0 aromatic carbocycles. The fraction of sp³-hybridized carbons (Fsp3) is 0.0667. The number of furan rings is 1. The highest BCUT2D eigenvalue weighted by atomic mass is 32.1. The molecule has 1 N–H and O–H groups in total. The molecule has 4 nitrogen and oxygen atoms in total. The molecule has 0 fully saturated rings. The molecule has 0 saturated heterocycles. The van der Waals surface area contributed by atoms with Gasteiger partial charge < -0.3 is 9.73 Å². The number of nitrogens with zero attached hydrogens (tertiary/aromatic N) is 2. The highest BCUT2D eigenvalue weighted by Gasteiger charge is 2.13. The molecule has 0 unspecified atom stereocenters. The van der Waals surface area contributed by atoms with E-state index < -0.39 is 0 Å². The van der Waals surface area contributed by atoms with Gasteiger partial charge in [0.2, 0.25) is 0 Å². The summed E-state index contributed by atoms with van der Waals surface area (Å²) in [6, 6.07) is 8.01. The van der Waals surface area contributed by atoms with Gasteiger partial charge in [-0.3, -0.25) is 0 Å². The van der Waals surface area contributed by atoms with Gasteiger partial charge in [0.05, 0.1) is 18.2 Å². The molecule has 0 spiro atoms. The SMILES string of the molecule is c1coc(CNc2ncnc3scc(-c4cccs4)c23)c1. The fourth-order valence-electron chi connectivity index (χ4n) is 2.21. The van der Waals surface area contributed by atoms with Crippen molar-refractivity contribution >= 4 is 38.7 Å².